The second kappa shape index (κ2) is 48.8. The molecular weight excluding hydrogens is 745 g/mol. The van der Waals surface area contributed by atoms with Crippen LogP contribution in [0.25, 0.3) is 0 Å². The molecule has 0 heterocycles. The summed E-state index contributed by atoms with van der Waals surface area (Å²) in [6, 6.07) is 0. The summed E-state index contributed by atoms with van der Waals surface area (Å²) in [5.41, 5.74) is 0. The van der Waals surface area contributed by atoms with Crippen LogP contribution < -0.4 is 0 Å². The smallest absolute Gasteiger partial charge is 0.306 e. The zero-order valence-corrected chi connectivity index (χ0v) is 39.5. The van der Waals surface area contributed by atoms with Crippen molar-refractivity contribution < 1.29 is 28.6 Å². The first kappa shape index (κ1) is 57.1. The third-order valence-electron chi connectivity index (χ3n) is 10.8. The molecule has 0 aliphatic carbocycles. The quantitative estimate of drug-likeness (QED) is 0.0263. The van der Waals surface area contributed by atoms with Gasteiger partial charge in [0.1, 0.15) is 13.2 Å². The molecule has 6 heteroatoms. The molecular formula is C54H94O6. The van der Waals surface area contributed by atoms with E-state index < -0.39 is 6.10 Å². The number of hydrogen-bond donors (Lipinski definition) is 0. The topological polar surface area (TPSA) is 78.9 Å². The van der Waals surface area contributed by atoms with Gasteiger partial charge in [0, 0.05) is 19.3 Å². The first-order valence-corrected chi connectivity index (χ1v) is 25.3. The fourth-order valence-corrected chi connectivity index (χ4v) is 7.02. The average Bonchev–Trinajstić information content (AvgIpc) is 3.24. The van der Waals surface area contributed by atoms with Crippen LogP contribution in [0.2, 0.25) is 0 Å². The molecule has 0 aromatic carbocycles. The minimum atomic E-state index is -0.780. The molecule has 0 rings (SSSR count). The summed E-state index contributed by atoms with van der Waals surface area (Å²) in [7, 11) is 0. The van der Waals surface area contributed by atoms with Gasteiger partial charge in [0.05, 0.1) is 0 Å². The standard InChI is InChI=1S/C54H94O6/c1-4-7-10-13-16-19-22-25-27-28-30-32-35-38-41-44-47-53(56)59-50-51(49-58-52(55)46-43-40-37-34-31-24-21-18-15-12-9-6-3)60-54(57)48-45-42-39-36-33-29-26-23-20-17-14-11-8-5-2/h7-8,10-11,16-17,19-20,25,27,51H,4-6,9,12-15,18,21-24,26,28-50H2,1-3H3/b10-7-,11-8-,19-16-,20-17-,27-25-. The van der Waals surface area contributed by atoms with Gasteiger partial charge in [-0.15, -0.1) is 0 Å². The van der Waals surface area contributed by atoms with Gasteiger partial charge in [-0.3, -0.25) is 14.4 Å². The van der Waals surface area contributed by atoms with Crippen molar-refractivity contribution in [3.8, 4) is 0 Å². The minimum absolute atomic E-state index is 0.0801. The van der Waals surface area contributed by atoms with Crippen LogP contribution in [0, 0.1) is 0 Å². The molecule has 0 amide bonds. The molecule has 0 fully saturated rings. The highest BCUT2D eigenvalue weighted by molar-refractivity contribution is 5.71. The fourth-order valence-electron chi connectivity index (χ4n) is 7.02. The second-order valence-corrected chi connectivity index (χ2v) is 16.7. The summed E-state index contributed by atoms with van der Waals surface area (Å²) in [5.74, 6) is -0.898. The lowest BCUT2D eigenvalue weighted by atomic mass is 10.0. The van der Waals surface area contributed by atoms with Gasteiger partial charge in [-0.2, -0.15) is 0 Å². The molecule has 0 aliphatic rings. The van der Waals surface area contributed by atoms with Crippen LogP contribution in [0.1, 0.15) is 245 Å². The van der Waals surface area contributed by atoms with Crippen LogP contribution in [0.3, 0.4) is 0 Å². The summed E-state index contributed by atoms with van der Waals surface area (Å²) in [6.07, 6.45) is 59.1. The maximum absolute atomic E-state index is 12.8. The monoisotopic (exact) mass is 839 g/mol. The SMILES string of the molecule is CC/C=C\C/C=C\C/C=C\CCCCCCCCC(=O)OCC(COC(=O)CCCCCCCCCCCCCC)OC(=O)CCCCCCCCC/C=C\C/C=C\CC. The summed E-state index contributed by atoms with van der Waals surface area (Å²) in [4.78, 5) is 37.9. The van der Waals surface area contributed by atoms with E-state index in [1.165, 1.54) is 103 Å². The van der Waals surface area contributed by atoms with Crippen molar-refractivity contribution in [1.82, 2.24) is 0 Å². The van der Waals surface area contributed by atoms with E-state index in [9.17, 15) is 14.4 Å². The normalized spacial score (nSPS) is 12.5. The van der Waals surface area contributed by atoms with E-state index in [-0.39, 0.29) is 31.1 Å². The van der Waals surface area contributed by atoms with Gasteiger partial charge in [-0.05, 0) is 77.0 Å². The molecule has 0 radical (unpaired) electrons. The Morgan fingerprint density at radius 3 is 1.02 bits per heavy atom. The van der Waals surface area contributed by atoms with Crippen molar-refractivity contribution in [2.24, 2.45) is 0 Å². The fraction of sp³-hybridized carbons (Fsp3) is 0.759. The van der Waals surface area contributed by atoms with Gasteiger partial charge < -0.3 is 14.2 Å². The van der Waals surface area contributed by atoms with Crippen molar-refractivity contribution >= 4 is 17.9 Å². The van der Waals surface area contributed by atoms with Crippen LogP contribution in [0.15, 0.2) is 60.8 Å². The van der Waals surface area contributed by atoms with Crippen molar-refractivity contribution in [2.45, 2.75) is 252 Å². The molecule has 1 atom stereocenters. The van der Waals surface area contributed by atoms with Crippen molar-refractivity contribution in [3.05, 3.63) is 60.8 Å². The lowest BCUT2D eigenvalue weighted by Gasteiger charge is -2.18. The minimum Gasteiger partial charge on any atom is -0.462 e. The number of hydrogen-bond acceptors (Lipinski definition) is 6. The molecule has 346 valence electrons. The predicted molar refractivity (Wildman–Crippen MR) is 256 cm³/mol. The van der Waals surface area contributed by atoms with E-state index in [1.54, 1.807) is 0 Å². The van der Waals surface area contributed by atoms with Crippen LogP contribution in [0.5, 0.6) is 0 Å². The van der Waals surface area contributed by atoms with Crippen LogP contribution >= 0.6 is 0 Å². The lowest BCUT2D eigenvalue weighted by molar-refractivity contribution is -0.167. The van der Waals surface area contributed by atoms with Crippen molar-refractivity contribution in [2.75, 3.05) is 13.2 Å². The lowest BCUT2D eigenvalue weighted by Crippen LogP contribution is -2.30. The largest absolute Gasteiger partial charge is 0.462 e. The Labute approximate surface area is 370 Å². The molecule has 0 aliphatic heterocycles. The summed E-state index contributed by atoms with van der Waals surface area (Å²) in [5, 5.41) is 0. The maximum Gasteiger partial charge on any atom is 0.306 e. The third-order valence-corrected chi connectivity index (χ3v) is 10.8. The zero-order chi connectivity index (χ0) is 43.7. The van der Waals surface area contributed by atoms with Gasteiger partial charge in [0.15, 0.2) is 6.10 Å². The summed E-state index contributed by atoms with van der Waals surface area (Å²) >= 11 is 0. The molecule has 0 saturated carbocycles. The first-order chi connectivity index (χ1) is 29.5. The van der Waals surface area contributed by atoms with Crippen molar-refractivity contribution in [3.63, 3.8) is 0 Å². The van der Waals surface area contributed by atoms with E-state index >= 15 is 0 Å². The third kappa shape index (κ3) is 46.2. The van der Waals surface area contributed by atoms with Gasteiger partial charge in [-0.1, -0.05) is 210 Å². The van der Waals surface area contributed by atoms with E-state index in [0.29, 0.717) is 19.3 Å². The molecule has 0 spiro atoms. The number of rotatable bonds is 45. The number of unbranched alkanes of at least 4 members (excludes halogenated alkanes) is 24. The van der Waals surface area contributed by atoms with E-state index in [1.807, 2.05) is 0 Å². The number of carbonyl (C=O) groups is 3. The van der Waals surface area contributed by atoms with Crippen LogP contribution in [-0.2, 0) is 28.6 Å². The average molecular weight is 839 g/mol. The first-order valence-electron chi connectivity index (χ1n) is 25.3. The van der Waals surface area contributed by atoms with Gasteiger partial charge >= 0.3 is 17.9 Å². The molecule has 1 unspecified atom stereocenters. The van der Waals surface area contributed by atoms with Crippen LogP contribution in [0.4, 0.5) is 0 Å². The number of carbonyl (C=O) groups excluding carboxylic acids is 3. The predicted octanol–water partition coefficient (Wildman–Crippen LogP) is 16.5. The Morgan fingerprint density at radius 1 is 0.350 bits per heavy atom. The Morgan fingerprint density at radius 2 is 0.650 bits per heavy atom. The van der Waals surface area contributed by atoms with E-state index in [0.717, 1.165) is 103 Å². The number of ether oxygens (including phenoxy) is 3. The number of allylic oxidation sites excluding steroid dienone is 10. The maximum atomic E-state index is 12.8. The second-order valence-electron chi connectivity index (χ2n) is 16.7. The van der Waals surface area contributed by atoms with Gasteiger partial charge in [-0.25, -0.2) is 0 Å². The summed E-state index contributed by atoms with van der Waals surface area (Å²) < 4.78 is 16.8. The van der Waals surface area contributed by atoms with Gasteiger partial charge in [0.25, 0.3) is 0 Å². The van der Waals surface area contributed by atoms with E-state index in [2.05, 4.69) is 81.5 Å². The number of esters is 3. The van der Waals surface area contributed by atoms with Gasteiger partial charge in [0.2, 0.25) is 0 Å². The molecule has 0 aromatic rings. The Balaban J connectivity index is 4.39. The zero-order valence-electron chi connectivity index (χ0n) is 39.5. The molecule has 6 nitrogen and oxygen atoms in total. The molecule has 0 aromatic heterocycles. The molecule has 60 heavy (non-hydrogen) atoms. The van der Waals surface area contributed by atoms with E-state index in [4.69, 9.17) is 14.2 Å². The molecule has 0 bridgehead atoms. The molecule has 0 saturated heterocycles. The Kier molecular flexibility index (Phi) is 46.4. The van der Waals surface area contributed by atoms with Crippen LogP contribution in [-0.4, -0.2) is 37.2 Å². The highest BCUT2D eigenvalue weighted by atomic mass is 16.6. The Bertz CT molecular complexity index is 1100. The molecule has 0 N–H and O–H groups in total. The Hall–Kier alpha value is -2.89. The highest BCUT2D eigenvalue weighted by Gasteiger charge is 2.19. The summed E-state index contributed by atoms with van der Waals surface area (Å²) in [6.45, 7) is 6.41. The van der Waals surface area contributed by atoms with Crippen molar-refractivity contribution in [1.29, 1.82) is 0 Å². The highest BCUT2D eigenvalue weighted by Crippen LogP contribution is 2.15.